The Hall–Kier alpha value is -1.46. The number of likely N-dealkylation sites (tertiary alicyclic amines) is 1. The molecule has 2 aliphatic rings. The highest BCUT2D eigenvalue weighted by molar-refractivity contribution is 5.39. The van der Waals surface area contributed by atoms with Crippen LogP contribution in [0.3, 0.4) is 0 Å². The van der Waals surface area contributed by atoms with E-state index in [1.807, 2.05) is 12.1 Å². The lowest BCUT2D eigenvalue weighted by Crippen LogP contribution is -2.27. The molecule has 3 rings (SSSR count). The summed E-state index contributed by atoms with van der Waals surface area (Å²) in [7, 11) is 0. The molecule has 0 aliphatic carbocycles. The normalized spacial score (nSPS) is 26.5. The third-order valence-corrected chi connectivity index (χ3v) is 4.35. The van der Waals surface area contributed by atoms with E-state index in [0.29, 0.717) is 0 Å². The van der Waals surface area contributed by atoms with Crippen LogP contribution < -0.4 is 5.32 Å². The molecule has 5 nitrogen and oxygen atoms in total. The van der Waals surface area contributed by atoms with Crippen LogP contribution in [0.2, 0.25) is 0 Å². The maximum Gasteiger partial charge on any atom is 0.272 e. The predicted octanol–water partition coefficient (Wildman–Crippen LogP) is 1.29. The van der Waals surface area contributed by atoms with Gasteiger partial charge in [-0.15, -0.1) is 0 Å². The Labute approximate surface area is 112 Å². The van der Waals surface area contributed by atoms with Crippen molar-refractivity contribution in [2.75, 3.05) is 32.7 Å². The number of rotatable bonds is 4. The van der Waals surface area contributed by atoms with E-state index in [9.17, 15) is 10.1 Å². The van der Waals surface area contributed by atoms with Crippen LogP contribution in [0.4, 0.5) is 5.69 Å². The highest BCUT2D eigenvalue weighted by atomic mass is 16.6. The summed E-state index contributed by atoms with van der Waals surface area (Å²) in [4.78, 5) is 13.1. The third-order valence-electron chi connectivity index (χ3n) is 4.35. The van der Waals surface area contributed by atoms with Gasteiger partial charge in [-0.05, 0) is 31.3 Å². The summed E-state index contributed by atoms with van der Waals surface area (Å²) >= 11 is 0. The average Bonchev–Trinajstić information content (AvgIpc) is 2.97. The lowest BCUT2D eigenvalue weighted by molar-refractivity contribution is -0.385. The van der Waals surface area contributed by atoms with Crippen LogP contribution in [0.15, 0.2) is 24.3 Å². The van der Waals surface area contributed by atoms with Crippen LogP contribution in [0, 0.1) is 22.0 Å². The number of nitrogens with one attached hydrogen (secondary N) is 1. The van der Waals surface area contributed by atoms with Crippen LogP contribution >= 0.6 is 0 Å². The van der Waals surface area contributed by atoms with Crippen LogP contribution in [0.1, 0.15) is 5.56 Å². The Morgan fingerprint density at radius 3 is 2.63 bits per heavy atom. The summed E-state index contributed by atoms with van der Waals surface area (Å²) in [5.41, 5.74) is 1.10. The maximum atomic E-state index is 11.0. The monoisotopic (exact) mass is 261 g/mol. The first kappa shape index (κ1) is 12.6. The standard InChI is InChI=1S/C14H19N3O2/c18-17(19)14-4-2-1-3-11(14)5-6-16-9-12-7-15-8-13(12)10-16/h1-4,12-13,15H,5-10H2/t12-,13+. The Morgan fingerprint density at radius 2 is 1.95 bits per heavy atom. The van der Waals surface area contributed by atoms with E-state index in [4.69, 9.17) is 0 Å². The molecule has 1 aromatic carbocycles. The molecule has 0 aromatic heterocycles. The van der Waals surface area contributed by atoms with Gasteiger partial charge < -0.3 is 10.2 Å². The van der Waals surface area contributed by atoms with Crippen molar-refractivity contribution in [2.45, 2.75) is 6.42 Å². The molecule has 1 N–H and O–H groups in total. The number of nitro groups is 1. The Kier molecular flexibility index (Phi) is 3.48. The van der Waals surface area contributed by atoms with Gasteiger partial charge in [0.05, 0.1) is 4.92 Å². The van der Waals surface area contributed by atoms with Crippen LogP contribution in [-0.2, 0) is 6.42 Å². The number of fused-ring (bicyclic) bond motifs is 1. The molecular weight excluding hydrogens is 242 g/mol. The van der Waals surface area contributed by atoms with Gasteiger partial charge in [0.25, 0.3) is 5.69 Å². The quantitative estimate of drug-likeness (QED) is 0.655. The number of hydrogen-bond acceptors (Lipinski definition) is 4. The highest BCUT2D eigenvalue weighted by Gasteiger charge is 2.35. The summed E-state index contributed by atoms with van der Waals surface area (Å²) in [6.07, 6.45) is 0.768. The molecule has 19 heavy (non-hydrogen) atoms. The molecule has 2 saturated heterocycles. The van der Waals surface area contributed by atoms with Crippen molar-refractivity contribution in [1.29, 1.82) is 0 Å². The van der Waals surface area contributed by atoms with Crippen LogP contribution in [0.5, 0.6) is 0 Å². The molecule has 0 radical (unpaired) electrons. The van der Waals surface area contributed by atoms with Gasteiger partial charge >= 0.3 is 0 Å². The molecule has 5 heteroatoms. The van der Waals surface area contributed by atoms with Crippen LogP contribution in [-0.4, -0.2) is 42.5 Å². The number of nitrogens with zero attached hydrogens (tertiary/aromatic N) is 2. The predicted molar refractivity (Wildman–Crippen MR) is 73.1 cm³/mol. The Balaban J connectivity index is 1.59. The van der Waals surface area contributed by atoms with Crippen molar-refractivity contribution in [1.82, 2.24) is 10.2 Å². The maximum absolute atomic E-state index is 11.0. The minimum Gasteiger partial charge on any atom is -0.316 e. The van der Waals surface area contributed by atoms with Gasteiger partial charge in [-0.1, -0.05) is 18.2 Å². The topological polar surface area (TPSA) is 58.4 Å². The minimum atomic E-state index is -0.280. The smallest absolute Gasteiger partial charge is 0.272 e. The third kappa shape index (κ3) is 2.62. The molecule has 2 heterocycles. The lowest BCUT2D eigenvalue weighted by atomic mass is 10.0. The van der Waals surface area contributed by atoms with E-state index in [1.54, 1.807) is 12.1 Å². The van der Waals surface area contributed by atoms with Crippen molar-refractivity contribution in [3.05, 3.63) is 39.9 Å². The fraction of sp³-hybridized carbons (Fsp3) is 0.571. The molecule has 0 bridgehead atoms. The average molecular weight is 261 g/mol. The largest absolute Gasteiger partial charge is 0.316 e. The van der Waals surface area contributed by atoms with Gasteiger partial charge in [-0.25, -0.2) is 0 Å². The summed E-state index contributed by atoms with van der Waals surface area (Å²) in [6.45, 7) is 5.47. The lowest BCUT2D eigenvalue weighted by Gasteiger charge is -2.16. The van der Waals surface area contributed by atoms with Crippen molar-refractivity contribution in [3.8, 4) is 0 Å². The zero-order valence-corrected chi connectivity index (χ0v) is 10.9. The Bertz CT molecular complexity index is 466. The zero-order valence-electron chi connectivity index (χ0n) is 10.9. The van der Waals surface area contributed by atoms with E-state index in [2.05, 4.69) is 10.2 Å². The molecule has 1 aromatic rings. The van der Waals surface area contributed by atoms with Crippen molar-refractivity contribution in [2.24, 2.45) is 11.8 Å². The molecule has 0 amide bonds. The van der Waals surface area contributed by atoms with E-state index >= 15 is 0 Å². The SMILES string of the molecule is O=[N+]([O-])c1ccccc1CCN1C[C@H]2CNC[C@H]2C1. The van der Waals surface area contributed by atoms with Crippen molar-refractivity contribution < 1.29 is 4.92 Å². The summed E-state index contributed by atoms with van der Waals surface area (Å²) in [6, 6.07) is 7.08. The van der Waals surface area contributed by atoms with Crippen LogP contribution in [0.25, 0.3) is 0 Å². The second-order valence-electron chi connectivity index (χ2n) is 5.57. The second-order valence-corrected chi connectivity index (χ2v) is 5.57. The molecule has 0 saturated carbocycles. The summed E-state index contributed by atoms with van der Waals surface area (Å²) in [5.74, 6) is 1.57. The number of hydrogen-bond donors (Lipinski definition) is 1. The fourth-order valence-corrected chi connectivity index (χ4v) is 3.31. The Morgan fingerprint density at radius 1 is 1.26 bits per heavy atom. The molecule has 2 aliphatic heterocycles. The molecule has 0 spiro atoms. The van der Waals surface area contributed by atoms with Crippen molar-refractivity contribution in [3.63, 3.8) is 0 Å². The van der Waals surface area contributed by atoms with E-state index in [0.717, 1.165) is 56.5 Å². The van der Waals surface area contributed by atoms with Gasteiger partial charge in [0.1, 0.15) is 0 Å². The molecule has 2 atom stereocenters. The van der Waals surface area contributed by atoms with E-state index < -0.39 is 0 Å². The molecule has 102 valence electrons. The van der Waals surface area contributed by atoms with Gasteiger partial charge in [-0.2, -0.15) is 0 Å². The van der Waals surface area contributed by atoms with Gasteiger partial charge in [0.15, 0.2) is 0 Å². The molecule has 0 unspecified atom stereocenters. The van der Waals surface area contributed by atoms with Gasteiger partial charge in [0, 0.05) is 31.3 Å². The summed E-state index contributed by atoms with van der Waals surface area (Å²) in [5, 5.41) is 14.4. The van der Waals surface area contributed by atoms with E-state index in [1.165, 1.54) is 0 Å². The minimum absolute atomic E-state index is 0.253. The molecule has 2 fully saturated rings. The zero-order chi connectivity index (χ0) is 13.2. The highest BCUT2D eigenvalue weighted by Crippen LogP contribution is 2.27. The molecular formula is C14H19N3O2. The first-order chi connectivity index (χ1) is 9.24. The van der Waals surface area contributed by atoms with Crippen molar-refractivity contribution >= 4 is 5.69 Å². The fourth-order valence-electron chi connectivity index (χ4n) is 3.31. The first-order valence-corrected chi connectivity index (χ1v) is 6.89. The number of para-hydroxylation sites is 1. The second kappa shape index (κ2) is 5.27. The van der Waals surface area contributed by atoms with Gasteiger partial charge in [-0.3, -0.25) is 10.1 Å². The number of benzene rings is 1. The first-order valence-electron chi connectivity index (χ1n) is 6.89. The van der Waals surface area contributed by atoms with E-state index in [-0.39, 0.29) is 10.6 Å². The number of nitro benzene ring substituents is 1. The summed E-state index contributed by atoms with van der Waals surface area (Å²) < 4.78 is 0. The van der Waals surface area contributed by atoms with Gasteiger partial charge in [0.2, 0.25) is 0 Å².